The van der Waals surface area contributed by atoms with Gasteiger partial charge in [-0.05, 0) is 89.3 Å². The molecular formula is C27H42N4O2. The fourth-order valence-corrected chi connectivity index (χ4v) is 5.14. The summed E-state index contributed by atoms with van der Waals surface area (Å²) in [5.41, 5.74) is 1.55. The zero-order chi connectivity index (χ0) is 23.3. The first kappa shape index (κ1) is 24.2. The quantitative estimate of drug-likeness (QED) is 0.610. The van der Waals surface area contributed by atoms with Crippen molar-refractivity contribution in [2.75, 3.05) is 45.8 Å². The van der Waals surface area contributed by atoms with Gasteiger partial charge in [-0.1, -0.05) is 32.0 Å². The minimum Gasteiger partial charge on any atom is -0.472 e. The number of ether oxygens (including phenoxy) is 1. The van der Waals surface area contributed by atoms with Gasteiger partial charge in [-0.15, -0.1) is 0 Å². The lowest BCUT2D eigenvalue weighted by Crippen LogP contribution is -2.44. The zero-order valence-corrected chi connectivity index (χ0v) is 20.8. The second-order valence-corrected chi connectivity index (χ2v) is 10.9. The molecule has 0 spiro atoms. The Balaban J connectivity index is 1.13. The first-order valence-corrected chi connectivity index (χ1v) is 12.9. The van der Waals surface area contributed by atoms with Crippen molar-refractivity contribution < 1.29 is 9.53 Å². The summed E-state index contributed by atoms with van der Waals surface area (Å²) in [7, 11) is 0. The van der Waals surface area contributed by atoms with Crippen LogP contribution in [0.4, 0.5) is 0 Å². The second kappa shape index (κ2) is 11.0. The molecule has 182 valence electrons. The molecule has 1 aromatic rings. The normalized spacial score (nSPS) is 26.6. The Kier molecular flexibility index (Phi) is 8.07. The number of amides is 1. The lowest BCUT2D eigenvalue weighted by molar-refractivity contribution is -0.126. The van der Waals surface area contributed by atoms with E-state index < -0.39 is 0 Å². The van der Waals surface area contributed by atoms with E-state index in [1.165, 1.54) is 25.9 Å². The number of aliphatic imine (C=N–C) groups is 1. The van der Waals surface area contributed by atoms with Crippen LogP contribution >= 0.6 is 0 Å². The number of likely N-dealkylation sites (tertiary alicyclic amines) is 2. The number of piperidine rings is 2. The molecule has 3 aliphatic heterocycles. The molecule has 2 unspecified atom stereocenters. The maximum atomic E-state index is 12.7. The van der Waals surface area contributed by atoms with Crippen LogP contribution < -0.4 is 5.32 Å². The molecule has 4 rings (SSSR count). The lowest BCUT2D eigenvalue weighted by Gasteiger charge is -2.37. The first-order chi connectivity index (χ1) is 15.9. The van der Waals surface area contributed by atoms with Gasteiger partial charge in [0.15, 0.2) is 0 Å². The summed E-state index contributed by atoms with van der Waals surface area (Å²) in [5.74, 6) is 1.16. The molecule has 3 aliphatic rings. The molecule has 6 nitrogen and oxygen atoms in total. The fourth-order valence-electron chi connectivity index (χ4n) is 5.14. The summed E-state index contributed by atoms with van der Waals surface area (Å²) in [6, 6.07) is 10.3. The minimum atomic E-state index is 0.0900. The van der Waals surface area contributed by atoms with E-state index in [9.17, 15) is 4.79 Å². The van der Waals surface area contributed by atoms with Gasteiger partial charge in [-0.3, -0.25) is 4.79 Å². The fraction of sp³-hybridized carbons (Fsp3) is 0.704. The van der Waals surface area contributed by atoms with E-state index in [0.29, 0.717) is 5.41 Å². The van der Waals surface area contributed by atoms with Gasteiger partial charge in [-0.25, -0.2) is 4.99 Å². The van der Waals surface area contributed by atoms with Gasteiger partial charge in [-0.2, -0.15) is 0 Å². The number of rotatable bonds is 8. The summed E-state index contributed by atoms with van der Waals surface area (Å²) in [4.78, 5) is 22.5. The molecule has 0 aromatic heterocycles. The molecule has 2 saturated heterocycles. The van der Waals surface area contributed by atoms with Crippen LogP contribution in [0.2, 0.25) is 0 Å². The molecule has 0 bridgehead atoms. The maximum absolute atomic E-state index is 12.7. The lowest BCUT2D eigenvalue weighted by atomic mass is 9.83. The minimum absolute atomic E-state index is 0.0900. The molecule has 1 amide bonds. The van der Waals surface area contributed by atoms with Crippen molar-refractivity contribution in [1.82, 2.24) is 15.1 Å². The number of carbonyl (C=O) groups is 1. The summed E-state index contributed by atoms with van der Waals surface area (Å²) in [6.45, 7) is 14.0. The molecule has 0 saturated carbocycles. The summed E-state index contributed by atoms with van der Waals surface area (Å²) in [5, 5.41) is 3.20. The number of carbonyl (C=O) groups excluding carboxylic acids is 1. The molecule has 2 fully saturated rings. The molecule has 0 radical (unpaired) electrons. The van der Waals surface area contributed by atoms with Gasteiger partial charge in [0, 0.05) is 24.6 Å². The van der Waals surface area contributed by atoms with Crippen LogP contribution in [-0.4, -0.2) is 79.6 Å². The Morgan fingerprint density at radius 1 is 1.09 bits per heavy atom. The number of nitrogens with one attached hydrogen (secondary N) is 1. The number of hydrogen-bond acceptors (Lipinski definition) is 5. The maximum Gasteiger partial charge on any atom is 0.223 e. The summed E-state index contributed by atoms with van der Waals surface area (Å²) >= 11 is 0. The monoisotopic (exact) mass is 454 g/mol. The Morgan fingerprint density at radius 3 is 2.48 bits per heavy atom. The van der Waals surface area contributed by atoms with Crippen molar-refractivity contribution in [2.24, 2.45) is 16.3 Å². The Morgan fingerprint density at radius 2 is 1.79 bits per heavy atom. The highest BCUT2D eigenvalue weighted by atomic mass is 16.5. The van der Waals surface area contributed by atoms with Crippen molar-refractivity contribution in [3.8, 4) is 0 Å². The highest BCUT2D eigenvalue weighted by Gasteiger charge is 2.32. The van der Waals surface area contributed by atoms with Crippen LogP contribution in [0.15, 0.2) is 35.3 Å². The third-order valence-corrected chi connectivity index (χ3v) is 7.71. The Labute approximate surface area is 199 Å². The average Bonchev–Trinajstić information content (AvgIpc) is 3.18. The van der Waals surface area contributed by atoms with E-state index in [0.717, 1.165) is 63.4 Å². The highest BCUT2D eigenvalue weighted by Crippen LogP contribution is 2.29. The van der Waals surface area contributed by atoms with Crippen LogP contribution in [0, 0.1) is 11.3 Å². The van der Waals surface area contributed by atoms with E-state index in [1.54, 1.807) is 0 Å². The van der Waals surface area contributed by atoms with E-state index >= 15 is 0 Å². The molecule has 0 aliphatic carbocycles. The van der Waals surface area contributed by atoms with E-state index in [4.69, 9.17) is 9.73 Å². The Bertz CT molecular complexity index is 792. The van der Waals surface area contributed by atoms with Crippen molar-refractivity contribution in [1.29, 1.82) is 0 Å². The third-order valence-electron chi connectivity index (χ3n) is 7.71. The topological polar surface area (TPSA) is 57.2 Å². The van der Waals surface area contributed by atoms with E-state index in [1.807, 2.05) is 30.3 Å². The van der Waals surface area contributed by atoms with Gasteiger partial charge < -0.3 is 19.9 Å². The van der Waals surface area contributed by atoms with Crippen molar-refractivity contribution >= 4 is 11.8 Å². The summed E-state index contributed by atoms with van der Waals surface area (Å²) in [6.07, 6.45) is 5.57. The highest BCUT2D eigenvalue weighted by molar-refractivity contribution is 5.95. The van der Waals surface area contributed by atoms with Crippen LogP contribution in [0.3, 0.4) is 0 Å². The van der Waals surface area contributed by atoms with Crippen LogP contribution in [0.1, 0.15) is 58.4 Å². The van der Waals surface area contributed by atoms with Crippen molar-refractivity contribution in [3.63, 3.8) is 0 Å². The summed E-state index contributed by atoms with van der Waals surface area (Å²) < 4.78 is 6.03. The van der Waals surface area contributed by atoms with Crippen LogP contribution in [-0.2, 0) is 9.53 Å². The molecule has 6 heteroatoms. The van der Waals surface area contributed by atoms with Crippen molar-refractivity contribution in [3.05, 3.63) is 35.9 Å². The first-order valence-electron chi connectivity index (χ1n) is 12.9. The standard InChI is InChI=1S/C27H42N4O2/c1-21-24(29-26(33-21)23-8-5-4-6-9-23)20-31-16-10-22(11-17-31)25(32)28-14-7-15-30-18-12-27(2,3)13-19-30/h4-6,8-9,21-22,24H,7,10-20H2,1-3H3,(H,28,32). The van der Waals surface area contributed by atoms with Crippen LogP contribution in [0.5, 0.6) is 0 Å². The van der Waals surface area contributed by atoms with Crippen molar-refractivity contribution in [2.45, 2.75) is 65.0 Å². The van der Waals surface area contributed by atoms with Gasteiger partial charge in [0.05, 0.1) is 0 Å². The van der Waals surface area contributed by atoms with Gasteiger partial charge in [0.2, 0.25) is 11.8 Å². The van der Waals surface area contributed by atoms with Gasteiger partial charge in [0.1, 0.15) is 12.1 Å². The molecule has 1 N–H and O–H groups in total. The average molecular weight is 455 g/mol. The Hall–Kier alpha value is -1.92. The van der Waals surface area contributed by atoms with Gasteiger partial charge in [0.25, 0.3) is 0 Å². The van der Waals surface area contributed by atoms with Gasteiger partial charge >= 0.3 is 0 Å². The van der Waals surface area contributed by atoms with E-state index in [2.05, 4.69) is 35.9 Å². The zero-order valence-electron chi connectivity index (χ0n) is 20.8. The SMILES string of the molecule is CC1OC(c2ccccc2)=NC1CN1CCC(C(=O)NCCCN2CCC(C)(C)CC2)CC1. The predicted molar refractivity (Wildman–Crippen MR) is 134 cm³/mol. The van der Waals surface area contributed by atoms with Crippen LogP contribution in [0.25, 0.3) is 0 Å². The molecule has 1 aromatic carbocycles. The molecular weight excluding hydrogens is 412 g/mol. The molecule has 2 atom stereocenters. The predicted octanol–water partition coefficient (Wildman–Crippen LogP) is 3.56. The molecule has 3 heterocycles. The number of benzene rings is 1. The third kappa shape index (κ3) is 6.80. The second-order valence-electron chi connectivity index (χ2n) is 10.9. The van der Waals surface area contributed by atoms with E-state index in [-0.39, 0.29) is 24.0 Å². The molecule has 33 heavy (non-hydrogen) atoms. The number of hydrogen-bond donors (Lipinski definition) is 1. The smallest absolute Gasteiger partial charge is 0.223 e. The largest absolute Gasteiger partial charge is 0.472 e. The number of nitrogens with zero attached hydrogens (tertiary/aromatic N) is 3.